The average Bonchev–Trinajstić information content (AvgIpc) is 3.08. The van der Waals surface area contributed by atoms with Crippen LogP contribution in [0.3, 0.4) is 0 Å². The minimum Gasteiger partial charge on any atom is -0.481 e. The number of allylic oxidation sites excluding steroid dienone is 4. The summed E-state index contributed by atoms with van der Waals surface area (Å²) in [5.41, 5.74) is 1.92. The maximum absolute atomic E-state index is 14.9. The summed E-state index contributed by atoms with van der Waals surface area (Å²) in [6, 6.07) is 11.4. The molecule has 2 heterocycles. The Morgan fingerprint density at radius 1 is 1.30 bits per heavy atom. The second-order valence-corrected chi connectivity index (χ2v) is 9.24. The number of carbonyl (C=O) groups is 1. The van der Waals surface area contributed by atoms with Gasteiger partial charge in [0.05, 0.1) is 28.7 Å². The van der Waals surface area contributed by atoms with Gasteiger partial charge in [-0.25, -0.2) is 17.8 Å². The lowest BCUT2D eigenvalue weighted by Gasteiger charge is -2.18. The molecular formula is C23H17FN4O4S. The molecule has 33 heavy (non-hydrogen) atoms. The molecule has 0 saturated heterocycles. The number of hydrogen-bond acceptors (Lipinski definition) is 7. The van der Waals surface area contributed by atoms with E-state index in [9.17, 15) is 22.7 Å². The number of fused-ring (bicyclic) bond motifs is 1. The summed E-state index contributed by atoms with van der Waals surface area (Å²) in [7, 11) is -4.36. The van der Waals surface area contributed by atoms with Gasteiger partial charge < -0.3 is 10.4 Å². The summed E-state index contributed by atoms with van der Waals surface area (Å²) in [6.07, 6.45) is 1.82. The van der Waals surface area contributed by atoms with Gasteiger partial charge in [0.25, 0.3) is 0 Å². The lowest BCUT2D eigenvalue weighted by Crippen LogP contribution is -2.18. The molecule has 2 aromatic rings. The van der Waals surface area contributed by atoms with Gasteiger partial charge in [-0.2, -0.15) is 5.26 Å². The summed E-state index contributed by atoms with van der Waals surface area (Å²) < 4.78 is 41.6. The third-order valence-corrected chi connectivity index (χ3v) is 6.95. The van der Waals surface area contributed by atoms with Gasteiger partial charge in [-0.05, 0) is 48.9 Å². The molecule has 1 aliphatic heterocycles. The first-order valence-corrected chi connectivity index (χ1v) is 11.3. The first-order chi connectivity index (χ1) is 15.7. The van der Waals surface area contributed by atoms with E-state index in [1.54, 1.807) is 31.2 Å². The molecule has 0 spiro atoms. The number of aliphatic imine (C=N–C) groups is 1. The van der Waals surface area contributed by atoms with E-state index in [-0.39, 0.29) is 22.5 Å². The van der Waals surface area contributed by atoms with Crippen LogP contribution in [0.2, 0.25) is 0 Å². The zero-order chi connectivity index (χ0) is 23.8. The fourth-order valence-corrected chi connectivity index (χ4v) is 5.19. The number of nitrogens with one attached hydrogen (secondary N) is 1. The standard InChI is InChI=1S/C23H17FN4O4S/c1-13-17(10-21(29)30)22-19(27-13)7-6-18(24)23(22)33(31,32)16-5-8-20(26-12-16)28-15-4-2-3-14(9-15)11-25/h2-6,8-9,12H,7,10H2,1H3,(H,26,28)(H,29,30). The molecule has 0 bridgehead atoms. The Morgan fingerprint density at radius 3 is 2.76 bits per heavy atom. The number of halogens is 1. The Kier molecular flexibility index (Phi) is 5.66. The van der Waals surface area contributed by atoms with Crippen molar-refractivity contribution < 1.29 is 22.7 Å². The molecule has 4 rings (SSSR count). The Morgan fingerprint density at radius 2 is 2.09 bits per heavy atom. The number of carboxylic acids is 1. The molecule has 166 valence electrons. The van der Waals surface area contributed by atoms with Crippen LogP contribution in [0.25, 0.3) is 0 Å². The van der Waals surface area contributed by atoms with Gasteiger partial charge in [0, 0.05) is 29.6 Å². The van der Waals surface area contributed by atoms with Crippen LogP contribution in [0.5, 0.6) is 0 Å². The summed E-state index contributed by atoms with van der Waals surface area (Å²) >= 11 is 0. The lowest BCUT2D eigenvalue weighted by molar-refractivity contribution is -0.136. The van der Waals surface area contributed by atoms with Gasteiger partial charge in [-0.15, -0.1) is 0 Å². The molecular weight excluding hydrogens is 447 g/mol. The smallest absolute Gasteiger partial charge is 0.307 e. The summed E-state index contributed by atoms with van der Waals surface area (Å²) in [6.45, 7) is 1.57. The number of anilines is 2. The number of nitrogens with zero attached hydrogens (tertiary/aromatic N) is 3. The predicted molar refractivity (Wildman–Crippen MR) is 119 cm³/mol. The molecule has 0 atom stereocenters. The van der Waals surface area contributed by atoms with Crippen molar-refractivity contribution in [1.29, 1.82) is 5.26 Å². The number of nitriles is 1. The van der Waals surface area contributed by atoms with Gasteiger partial charge in [0.2, 0.25) is 9.84 Å². The molecule has 1 aromatic carbocycles. The van der Waals surface area contributed by atoms with E-state index >= 15 is 0 Å². The van der Waals surface area contributed by atoms with E-state index < -0.39 is 33.0 Å². The Labute approximate surface area is 189 Å². The van der Waals surface area contributed by atoms with Gasteiger partial charge in [-0.3, -0.25) is 9.79 Å². The van der Waals surface area contributed by atoms with Crippen LogP contribution in [0.1, 0.15) is 25.3 Å². The number of benzene rings is 1. The average molecular weight is 464 g/mol. The van der Waals surface area contributed by atoms with Crippen LogP contribution < -0.4 is 5.32 Å². The summed E-state index contributed by atoms with van der Waals surface area (Å²) in [5.74, 6) is -1.79. The van der Waals surface area contributed by atoms with Crippen LogP contribution in [-0.4, -0.2) is 30.2 Å². The Hall–Kier alpha value is -4.10. The van der Waals surface area contributed by atoms with Gasteiger partial charge in [0.1, 0.15) is 16.5 Å². The van der Waals surface area contributed by atoms with Crippen molar-refractivity contribution in [1.82, 2.24) is 4.98 Å². The molecule has 2 N–H and O–H groups in total. The highest BCUT2D eigenvalue weighted by atomic mass is 32.2. The number of hydrogen-bond donors (Lipinski definition) is 2. The highest BCUT2D eigenvalue weighted by molar-refractivity contribution is 7.95. The van der Waals surface area contributed by atoms with E-state index in [0.29, 0.717) is 28.5 Å². The normalized spacial score (nSPS) is 15.5. The fourth-order valence-electron chi connectivity index (χ4n) is 3.67. The maximum atomic E-state index is 14.9. The number of carboxylic acid groups (broad SMARTS) is 1. The highest BCUT2D eigenvalue weighted by Gasteiger charge is 2.37. The Balaban J connectivity index is 1.72. The van der Waals surface area contributed by atoms with Crippen molar-refractivity contribution in [3.8, 4) is 6.07 Å². The van der Waals surface area contributed by atoms with E-state index in [4.69, 9.17) is 5.26 Å². The van der Waals surface area contributed by atoms with Crippen LogP contribution in [0.15, 0.2) is 86.1 Å². The van der Waals surface area contributed by atoms with Crippen LogP contribution in [0, 0.1) is 11.3 Å². The minimum absolute atomic E-state index is 0.0189. The largest absolute Gasteiger partial charge is 0.481 e. The molecule has 0 fully saturated rings. The lowest BCUT2D eigenvalue weighted by atomic mass is 9.94. The van der Waals surface area contributed by atoms with Gasteiger partial charge in [-0.1, -0.05) is 6.07 Å². The fraction of sp³-hybridized carbons (Fsp3) is 0.130. The first-order valence-electron chi connectivity index (χ1n) is 9.79. The number of sulfone groups is 1. The maximum Gasteiger partial charge on any atom is 0.307 e. The van der Waals surface area contributed by atoms with Crippen LogP contribution in [-0.2, 0) is 14.6 Å². The minimum atomic E-state index is -4.36. The predicted octanol–water partition coefficient (Wildman–Crippen LogP) is 4.19. The molecule has 8 nitrogen and oxygen atoms in total. The molecule has 1 aliphatic carbocycles. The van der Waals surface area contributed by atoms with Gasteiger partial charge >= 0.3 is 5.97 Å². The molecule has 0 amide bonds. The van der Waals surface area contributed by atoms with Crippen molar-refractivity contribution in [2.45, 2.75) is 24.7 Å². The number of pyridine rings is 1. The highest BCUT2D eigenvalue weighted by Crippen LogP contribution is 2.41. The van der Waals surface area contributed by atoms with Crippen molar-refractivity contribution in [2.24, 2.45) is 4.99 Å². The summed E-state index contributed by atoms with van der Waals surface area (Å²) in [5, 5.41) is 21.2. The van der Waals surface area contributed by atoms with E-state index in [2.05, 4.69) is 15.3 Å². The van der Waals surface area contributed by atoms with E-state index in [0.717, 1.165) is 12.3 Å². The zero-order valence-corrected chi connectivity index (χ0v) is 18.1. The quantitative estimate of drug-likeness (QED) is 0.655. The molecule has 2 aliphatic rings. The van der Waals surface area contributed by atoms with Gasteiger partial charge in [0.15, 0.2) is 0 Å². The van der Waals surface area contributed by atoms with Crippen molar-refractivity contribution in [2.75, 3.05) is 5.32 Å². The topological polar surface area (TPSA) is 133 Å². The first kappa shape index (κ1) is 22.1. The number of aromatic nitrogens is 1. The molecule has 0 unspecified atom stereocenters. The van der Waals surface area contributed by atoms with Crippen LogP contribution in [0.4, 0.5) is 15.9 Å². The Bertz CT molecular complexity index is 1450. The third-order valence-electron chi connectivity index (χ3n) is 5.16. The molecule has 0 saturated carbocycles. The zero-order valence-electron chi connectivity index (χ0n) is 17.3. The van der Waals surface area contributed by atoms with E-state index in [1.165, 1.54) is 12.1 Å². The van der Waals surface area contributed by atoms with Crippen molar-refractivity contribution in [3.05, 3.63) is 81.8 Å². The SMILES string of the molecule is CC1=C(CC(=O)O)C2=C(S(=O)(=O)c3ccc(Nc4cccc(C#N)c4)nc3)C(F)=CCC2=N1. The molecule has 0 radical (unpaired) electrons. The van der Waals surface area contributed by atoms with Crippen LogP contribution >= 0.6 is 0 Å². The van der Waals surface area contributed by atoms with Crippen molar-refractivity contribution >= 4 is 33.0 Å². The van der Waals surface area contributed by atoms with Crippen molar-refractivity contribution in [3.63, 3.8) is 0 Å². The molecule has 10 heteroatoms. The number of aliphatic carboxylic acids is 1. The molecule has 1 aromatic heterocycles. The second-order valence-electron chi connectivity index (χ2n) is 7.35. The van der Waals surface area contributed by atoms with E-state index in [1.807, 2.05) is 6.07 Å². The number of rotatable bonds is 6. The monoisotopic (exact) mass is 464 g/mol. The third kappa shape index (κ3) is 4.18. The summed E-state index contributed by atoms with van der Waals surface area (Å²) in [4.78, 5) is 18.8. The second kappa shape index (κ2) is 8.44.